The van der Waals surface area contributed by atoms with Gasteiger partial charge in [-0.05, 0) is 60.6 Å². The molecule has 5 heteroatoms. The topological polar surface area (TPSA) is 54.5 Å². The number of aromatic nitrogens is 1. The number of carbonyl (C=O) groups is 1. The van der Waals surface area contributed by atoms with E-state index in [0.717, 1.165) is 5.69 Å². The van der Waals surface area contributed by atoms with Crippen LogP contribution in [0.25, 0.3) is 0 Å². The lowest BCUT2D eigenvalue weighted by atomic mass is 10.1. The molecule has 1 N–H and O–H groups in total. The van der Waals surface area contributed by atoms with Crippen LogP contribution in [0.4, 0.5) is 4.79 Å². The monoisotopic (exact) mass is 321 g/mol. The Balaban J connectivity index is 2.60. The summed E-state index contributed by atoms with van der Waals surface area (Å²) in [7, 11) is 0. The summed E-state index contributed by atoms with van der Waals surface area (Å²) in [6, 6.07) is 6.01. The molecule has 0 aliphatic carbocycles. The number of carbonyl (C=O) groups excluding carboxylic acids is 1. The Morgan fingerprint density at radius 1 is 1.26 bits per heavy atom. The molecule has 0 bridgehead atoms. The standard InChI is InChI=1S/C18H31N3O2/c1-14(15-10-8-9-11-20-15)19-12-13-21(17(2,3)4)16(22)23-18(5,6)7/h8-11,14,19H,12-13H2,1-7H3/t14-/m0/s1. The Bertz CT molecular complexity index is 489. The zero-order valence-corrected chi connectivity index (χ0v) is 15.5. The maximum Gasteiger partial charge on any atom is 0.410 e. The van der Waals surface area contributed by atoms with E-state index in [1.807, 2.05) is 59.7 Å². The van der Waals surface area contributed by atoms with E-state index in [2.05, 4.69) is 17.2 Å². The second kappa shape index (κ2) is 7.77. The Morgan fingerprint density at radius 2 is 1.91 bits per heavy atom. The molecule has 0 aliphatic rings. The van der Waals surface area contributed by atoms with Crippen LogP contribution >= 0.6 is 0 Å². The van der Waals surface area contributed by atoms with Crippen molar-refractivity contribution < 1.29 is 9.53 Å². The maximum absolute atomic E-state index is 12.4. The fourth-order valence-electron chi connectivity index (χ4n) is 2.15. The van der Waals surface area contributed by atoms with Gasteiger partial charge in [0.1, 0.15) is 5.60 Å². The molecule has 1 rings (SSSR count). The van der Waals surface area contributed by atoms with Crippen molar-refractivity contribution in [3.05, 3.63) is 30.1 Å². The molecule has 0 aromatic carbocycles. The Hall–Kier alpha value is -1.62. The summed E-state index contributed by atoms with van der Waals surface area (Å²) in [5, 5.41) is 3.41. The average Bonchev–Trinajstić information content (AvgIpc) is 2.40. The van der Waals surface area contributed by atoms with Gasteiger partial charge in [-0.25, -0.2) is 4.79 Å². The first-order valence-corrected chi connectivity index (χ1v) is 8.15. The minimum Gasteiger partial charge on any atom is -0.444 e. The first-order valence-electron chi connectivity index (χ1n) is 8.15. The van der Waals surface area contributed by atoms with Crippen molar-refractivity contribution >= 4 is 6.09 Å². The van der Waals surface area contributed by atoms with Crippen molar-refractivity contribution in [2.45, 2.75) is 65.6 Å². The number of nitrogens with one attached hydrogen (secondary N) is 1. The molecule has 1 atom stereocenters. The van der Waals surface area contributed by atoms with E-state index in [-0.39, 0.29) is 17.7 Å². The second-order valence-corrected chi connectivity index (χ2v) is 7.73. The van der Waals surface area contributed by atoms with Crippen molar-refractivity contribution in [2.24, 2.45) is 0 Å². The smallest absolute Gasteiger partial charge is 0.410 e. The largest absolute Gasteiger partial charge is 0.444 e. The predicted octanol–water partition coefficient (Wildman–Crippen LogP) is 3.77. The highest BCUT2D eigenvalue weighted by Crippen LogP contribution is 2.18. The molecule has 23 heavy (non-hydrogen) atoms. The Kier molecular flexibility index (Phi) is 6.57. The summed E-state index contributed by atoms with van der Waals surface area (Å²) < 4.78 is 5.52. The highest BCUT2D eigenvalue weighted by molar-refractivity contribution is 5.69. The van der Waals surface area contributed by atoms with Crippen molar-refractivity contribution in [1.29, 1.82) is 0 Å². The van der Waals surface area contributed by atoms with E-state index in [4.69, 9.17) is 4.74 Å². The molecule has 0 fully saturated rings. The van der Waals surface area contributed by atoms with Crippen molar-refractivity contribution in [3.63, 3.8) is 0 Å². The quantitative estimate of drug-likeness (QED) is 0.897. The van der Waals surface area contributed by atoms with Gasteiger partial charge in [0.2, 0.25) is 0 Å². The van der Waals surface area contributed by atoms with E-state index in [1.165, 1.54) is 0 Å². The predicted molar refractivity (Wildman–Crippen MR) is 93.3 cm³/mol. The lowest BCUT2D eigenvalue weighted by molar-refractivity contribution is 0.00649. The molecule has 5 nitrogen and oxygen atoms in total. The molecule has 0 unspecified atom stereocenters. The third-order valence-electron chi connectivity index (χ3n) is 3.34. The fourth-order valence-corrected chi connectivity index (χ4v) is 2.15. The van der Waals surface area contributed by atoms with Crippen LogP contribution in [-0.4, -0.2) is 40.2 Å². The SMILES string of the molecule is C[C@H](NCCN(C(=O)OC(C)(C)C)C(C)(C)C)c1ccccn1. The van der Waals surface area contributed by atoms with E-state index in [9.17, 15) is 4.79 Å². The molecule has 130 valence electrons. The van der Waals surface area contributed by atoms with Crippen LogP contribution in [0.1, 0.15) is 60.2 Å². The molecule has 1 amide bonds. The van der Waals surface area contributed by atoms with Gasteiger partial charge in [-0.1, -0.05) is 6.07 Å². The summed E-state index contributed by atoms with van der Waals surface area (Å²) in [4.78, 5) is 18.5. The molecule has 0 spiro atoms. The van der Waals surface area contributed by atoms with Crippen molar-refractivity contribution in [3.8, 4) is 0 Å². The van der Waals surface area contributed by atoms with Gasteiger partial charge in [-0.3, -0.25) is 4.98 Å². The first-order chi connectivity index (χ1) is 10.5. The van der Waals surface area contributed by atoms with E-state index >= 15 is 0 Å². The lowest BCUT2D eigenvalue weighted by Crippen LogP contribution is -2.50. The number of amides is 1. The van der Waals surface area contributed by atoms with Crippen molar-refractivity contribution in [1.82, 2.24) is 15.2 Å². The van der Waals surface area contributed by atoms with Gasteiger partial charge in [0.15, 0.2) is 0 Å². The number of pyridine rings is 1. The molecular weight excluding hydrogens is 290 g/mol. The van der Waals surface area contributed by atoms with E-state index in [0.29, 0.717) is 13.1 Å². The van der Waals surface area contributed by atoms with Crippen LogP contribution in [0.15, 0.2) is 24.4 Å². The Labute approximate surface area is 140 Å². The molecule has 1 aromatic heterocycles. The van der Waals surface area contributed by atoms with Crippen LogP contribution in [0, 0.1) is 0 Å². The average molecular weight is 321 g/mol. The highest BCUT2D eigenvalue weighted by atomic mass is 16.6. The molecule has 0 saturated heterocycles. The van der Waals surface area contributed by atoms with Gasteiger partial charge >= 0.3 is 6.09 Å². The van der Waals surface area contributed by atoms with Crippen LogP contribution in [0.3, 0.4) is 0 Å². The lowest BCUT2D eigenvalue weighted by Gasteiger charge is -2.37. The Morgan fingerprint density at radius 3 is 2.39 bits per heavy atom. The zero-order valence-electron chi connectivity index (χ0n) is 15.5. The van der Waals surface area contributed by atoms with Gasteiger partial charge in [-0.15, -0.1) is 0 Å². The number of ether oxygens (including phenoxy) is 1. The third kappa shape index (κ3) is 6.99. The molecule has 0 radical (unpaired) electrons. The number of hydrogen-bond donors (Lipinski definition) is 1. The van der Waals surface area contributed by atoms with Gasteiger partial charge in [0.25, 0.3) is 0 Å². The van der Waals surface area contributed by atoms with Gasteiger partial charge in [0.05, 0.1) is 5.69 Å². The van der Waals surface area contributed by atoms with E-state index in [1.54, 1.807) is 11.1 Å². The fraction of sp³-hybridized carbons (Fsp3) is 0.667. The third-order valence-corrected chi connectivity index (χ3v) is 3.34. The zero-order chi connectivity index (χ0) is 17.7. The minimum absolute atomic E-state index is 0.136. The molecule has 0 aliphatic heterocycles. The summed E-state index contributed by atoms with van der Waals surface area (Å²) in [5.41, 5.74) is 0.208. The summed E-state index contributed by atoms with van der Waals surface area (Å²) in [6.07, 6.45) is 1.51. The normalized spacial score (nSPS) is 13.5. The molecular formula is C18H31N3O2. The van der Waals surface area contributed by atoms with Crippen molar-refractivity contribution in [2.75, 3.05) is 13.1 Å². The number of nitrogens with zero attached hydrogens (tertiary/aromatic N) is 2. The first kappa shape index (κ1) is 19.4. The highest BCUT2D eigenvalue weighted by Gasteiger charge is 2.30. The number of hydrogen-bond acceptors (Lipinski definition) is 4. The second-order valence-electron chi connectivity index (χ2n) is 7.73. The van der Waals surface area contributed by atoms with Crippen LogP contribution in [-0.2, 0) is 4.74 Å². The number of rotatable bonds is 5. The van der Waals surface area contributed by atoms with Crippen LogP contribution < -0.4 is 5.32 Å². The van der Waals surface area contributed by atoms with Gasteiger partial charge in [-0.2, -0.15) is 0 Å². The minimum atomic E-state index is -0.491. The van der Waals surface area contributed by atoms with Gasteiger partial charge < -0.3 is 15.0 Å². The maximum atomic E-state index is 12.4. The molecule has 1 aromatic rings. The summed E-state index contributed by atoms with van der Waals surface area (Å²) >= 11 is 0. The summed E-state index contributed by atoms with van der Waals surface area (Å²) in [6.45, 7) is 15.0. The van der Waals surface area contributed by atoms with Crippen LogP contribution in [0.2, 0.25) is 0 Å². The molecule has 1 heterocycles. The molecule has 0 saturated carbocycles. The van der Waals surface area contributed by atoms with E-state index < -0.39 is 5.60 Å². The van der Waals surface area contributed by atoms with Gasteiger partial charge in [0, 0.05) is 30.9 Å². The van der Waals surface area contributed by atoms with Crippen LogP contribution in [0.5, 0.6) is 0 Å². The summed E-state index contributed by atoms with van der Waals surface area (Å²) in [5.74, 6) is 0.